The van der Waals surface area contributed by atoms with Crippen molar-refractivity contribution in [3.63, 3.8) is 0 Å². The molecule has 1 aliphatic rings. The van der Waals surface area contributed by atoms with E-state index in [4.69, 9.17) is 0 Å². The molecule has 1 aliphatic carbocycles. The maximum atomic E-state index is 12.2. The molecule has 2 aromatic rings. The van der Waals surface area contributed by atoms with E-state index in [-0.39, 0.29) is 18.2 Å². The highest BCUT2D eigenvalue weighted by molar-refractivity contribution is 7.13. The van der Waals surface area contributed by atoms with Crippen molar-refractivity contribution in [2.24, 2.45) is 5.92 Å². The smallest absolute Gasteiger partial charge is 0.329 e. The van der Waals surface area contributed by atoms with Gasteiger partial charge in [-0.3, -0.25) is 4.79 Å². The number of thiazole rings is 1. The van der Waals surface area contributed by atoms with Crippen molar-refractivity contribution in [3.05, 3.63) is 41.4 Å². The SMILES string of the molecule is CC(NC(=O)Cc1csc(-c2ccccc2)n1)(C(=O)O)C1CC1. The number of carboxylic acids is 1. The first-order chi connectivity index (χ1) is 11.0. The lowest BCUT2D eigenvalue weighted by molar-refractivity contribution is -0.147. The second-order valence-corrected chi connectivity index (χ2v) is 6.87. The molecule has 1 heterocycles. The van der Waals surface area contributed by atoms with Crippen LogP contribution in [0.4, 0.5) is 0 Å². The van der Waals surface area contributed by atoms with Gasteiger partial charge in [0, 0.05) is 10.9 Å². The van der Waals surface area contributed by atoms with Gasteiger partial charge in [0.15, 0.2) is 0 Å². The van der Waals surface area contributed by atoms with Crippen molar-refractivity contribution < 1.29 is 14.7 Å². The number of aromatic nitrogens is 1. The minimum Gasteiger partial charge on any atom is -0.480 e. The van der Waals surface area contributed by atoms with Crippen LogP contribution in [0.5, 0.6) is 0 Å². The number of amides is 1. The number of aliphatic carboxylic acids is 1. The summed E-state index contributed by atoms with van der Waals surface area (Å²) in [4.78, 5) is 28.1. The Morgan fingerprint density at radius 3 is 2.65 bits per heavy atom. The number of nitrogens with one attached hydrogen (secondary N) is 1. The van der Waals surface area contributed by atoms with E-state index in [1.807, 2.05) is 35.7 Å². The molecule has 1 unspecified atom stereocenters. The van der Waals surface area contributed by atoms with Gasteiger partial charge in [0.2, 0.25) is 5.91 Å². The van der Waals surface area contributed by atoms with Gasteiger partial charge in [0.25, 0.3) is 0 Å². The molecule has 0 aliphatic heterocycles. The van der Waals surface area contributed by atoms with Gasteiger partial charge < -0.3 is 10.4 Å². The molecule has 5 nitrogen and oxygen atoms in total. The summed E-state index contributed by atoms with van der Waals surface area (Å²) in [5.74, 6) is -1.25. The lowest BCUT2D eigenvalue weighted by Crippen LogP contribution is -2.54. The van der Waals surface area contributed by atoms with Gasteiger partial charge in [-0.1, -0.05) is 30.3 Å². The molecule has 2 N–H and O–H groups in total. The summed E-state index contributed by atoms with van der Waals surface area (Å²) in [5, 5.41) is 14.8. The molecule has 0 saturated heterocycles. The summed E-state index contributed by atoms with van der Waals surface area (Å²) in [6.45, 7) is 1.58. The van der Waals surface area contributed by atoms with Crippen molar-refractivity contribution >= 4 is 23.2 Å². The number of hydrogen-bond acceptors (Lipinski definition) is 4. The molecule has 6 heteroatoms. The molecular formula is C17H18N2O3S. The van der Waals surface area contributed by atoms with E-state index in [1.54, 1.807) is 6.92 Å². The first-order valence-corrected chi connectivity index (χ1v) is 8.41. The molecule has 1 saturated carbocycles. The van der Waals surface area contributed by atoms with Crippen LogP contribution in [0.25, 0.3) is 10.6 Å². The average molecular weight is 330 g/mol. The van der Waals surface area contributed by atoms with Gasteiger partial charge in [0.05, 0.1) is 12.1 Å². The molecule has 1 aromatic heterocycles. The number of rotatable bonds is 6. The summed E-state index contributed by atoms with van der Waals surface area (Å²) >= 11 is 1.48. The molecule has 1 amide bonds. The third-order valence-electron chi connectivity index (χ3n) is 4.15. The fraction of sp³-hybridized carbons (Fsp3) is 0.353. The molecular weight excluding hydrogens is 312 g/mol. The first kappa shape index (κ1) is 15.7. The van der Waals surface area contributed by atoms with Crippen LogP contribution in [0.1, 0.15) is 25.5 Å². The molecule has 3 rings (SSSR count). The van der Waals surface area contributed by atoms with Crippen LogP contribution in [-0.2, 0) is 16.0 Å². The van der Waals surface area contributed by atoms with Crippen LogP contribution in [-0.4, -0.2) is 27.5 Å². The Hall–Kier alpha value is -2.21. The minimum atomic E-state index is -1.17. The normalized spacial score (nSPS) is 16.6. The molecule has 0 spiro atoms. The number of nitrogens with zero attached hydrogens (tertiary/aromatic N) is 1. The highest BCUT2D eigenvalue weighted by atomic mass is 32.1. The summed E-state index contributed by atoms with van der Waals surface area (Å²) in [5.41, 5.74) is 0.502. The Balaban J connectivity index is 1.67. The van der Waals surface area contributed by atoms with Gasteiger partial charge in [0.1, 0.15) is 10.5 Å². The van der Waals surface area contributed by atoms with Gasteiger partial charge in [-0.05, 0) is 25.7 Å². The van der Waals surface area contributed by atoms with E-state index in [0.29, 0.717) is 5.69 Å². The number of carboxylic acid groups (broad SMARTS) is 1. The average Bonchev–Trinajstić information content (AvgIpc) is 3.29. The van der Waals surface area contributed by atoms with E-state index in [0.717, 1.165) is 23.4 Å². The number of carbonyl (C=O) groups is 2. The Kier molecular flexibility index (Phi) is 4.17. The lowest BCUT2D eigenvalue weighted by Gasteiger charge is -2.25. The zero-order valence-electron chi connectivity index (χ0n) is 12.8. The van der Waals surface area contributed by atoms with Crippen molar-refractivity contribution in [1.29, 1.82) is 0 Å². The Labute approximate surface area is 138 Å². The van der Waals surface area contributed by atoms with Crippen LogP contribution in [0.2, 0.25) is 0 Å². The van der Waals surface area contributed by atoms with Crippen LogP contribution in [0, 0.1) is 5.92 Å². The van der Waals surface area contributed by atoms with Crippen LogP contribution >= 0.6 is 11.3 Å². The number of carbonyl (C=O) groups excluding carboxylic acids is 1. The fourth-order valence-electron chi connectivity index (χ4n) is 2.59. The summed E-state index contributed by atoms with van der Waals surface area (Å²) in [7, 11) is 0. The van der Waals surface area contributed by atoms with Crippen LogP contribution < -0.4 is 5.32 Å². The largest absolute Gasteiger partial charge is 0.480 e. The van der Waals surface area contributed by atoms with Crippen molar-refractivity contribution in [2.75, 3.05) is 0 Å². The number of benzene rings is 1. The molecule has 1 atom stereocenters. The van der Waals surface area contributed by atoms with E-state index >= 15 is 0 Å². The van der Waals surface area contributed by atoms with Gasteiger partial charge in [-0.15, -0.1) is 11.3 Å². The quantitative estimate of drug-likeness (QED) is 0.853. The zero-order valence-corrected chi connectivity index (χ0v) is 13.6. The molecule has 120 valence electrons. The lowest BCUT2D eigenvalue weighted by atomic mass is 9.95. The topological polar surface area (TPSA) is 79.3 Å². The maximum absolute atomic E-state index is 12.2. The van der Waals surface area contributed by atoms with Crippen molar-refractivity contribution in [3.8, 4) is 10.6 Å². The second kappa shape index (κ2) is 6.12. The van der Waals surface area contributed by atoms with Gasteiger partial charge in [-0.25, -0.2) is 9.78 Å². The van der Waals surface area contributed by atoms with Crippen LogP contribution in [0.15, 0.2) is 35.7 Å². The highest BCUT2D eigenvalue weighted by Crippen LogP contribution is 2.39. The zero-order chi connectivity index (χ0) is 16.4. The van der Waals surface area contributed by atoms with E-state index in [9.17, 15) is 14.7 Å². The van der Waals surface area contributed by atoms with Crippen LogP contribution in [0.3, 0.4) is 0 Å². The van der Waals surface area contributed by atoms with E-state index in [1.165, 1.54) is 11.3 Å². The minimum absolute atomic E-state index is 0.0271. The van der Waals surface area contributed by atoms with Crippen molar-refractivity contribution in [2.45, 2.75) is 31.7 Å². The third-order valence-corrected chi connectivity index (χ3v) is 5.09. The first-order valence-electron chi connectivity index (χ1n) is 7.53. The molecule has 0 radical (unpaired) electrons. The molecule has 23 heavy (non-hydrogen) atoms. The highest BCUT2D eigenvalue weighted by Gasteiger charge is 2.48. The van der Waals surface area contributed by atoms with Crippen molar-refractivity contribution in [1.82, 2.24) is 10.3 Å². The second-order valence-electron chi connectivity index (χ2n) is 6.02. The Morgan fingerprint density at radius 1 is 1.35 bits per heavy atom. The number of hydrogen-bond donors (Lipinski definition) is 2. The molecule has 0 bridgehead atoms. The predicted octanol–water partition coefficient (Wildman–Crippen LogP) is 2.72. The monoisotopic (exact) mass is 330 g/mol. The summed E-state index contributed by atoms with van der Waals surface area (Å²) in [6, 6.07) is 9.76. The maximum Gasteiger partial charge on any atom is 0.329 e. The summed E-state index contributed by atoms with van der Waals surface area (Å²) in [6.07, 6.45) is 1.79. The van der Waals surface area contributed by atoms with Gasteiger partial charge >= 0.3 is 5.97 Å². The Bertz CT molecular complexity index is 724. The standard InChI is InChI=1S/C17H18N2O3S/c1-17(16(21)22,12-7-8-12)19-14(20)9-13-10-23-15(18-13)11-5-3-2-4-6-11/h2-6,10,12H,7-9H2,1H3,(H,19,20)(H,21,22). The third kappa shape index (κ3) is 3.42. The Morgan fingerprint density at radius 2 is 2.04 bits per heavy atom. The predicted molar refractivity (Wildman–Crippen MR) is 88.2 cm³/mol. The summed E-state index contributed by atoms with van der Waals surface area (Å²) < 4.78 is 0. The van der Waals surface area contributed by atoms with E-state index < -0.39 is 11.5 Å². The fourth-order valence-corrected chi connectivity index (χ4v) is 3.42. The van der Waals surface area contributed by atoms with Gasteiger partial charge in [-0.2, -0.15) is 0 Å². The van der Waals surface area contributed by atoms with E-state index in [2.05, 4.69) is 10.3 Å². The molecule has 1 fully saturated rings. The molecule has 1 aromatic carbocycles.